The van der Waals surface area contributed by atoms with Crippen LogP contribution in [0.15, 0.2) is 48.6 Å². The molecule has 3 nitrogen and oxygen atoms in total. The molecule has 3 heteroatoms. The minimum atomic E-state index is -1.08. The standard InChI is InChI=1S/C18H21N3/c1-3-5-6-7-10-18(12-19,13-20)16-11-14-8-9-17(21-14)15(16)4-2/h3-7,11,14-15,17,21H,2,8-10H2,1H3/b5-3+,7-6+/t14-,15-,17+/m1/s1. The Morgan fingerprint density at radius 1 is 1.38 bits per heavy atom. The van der Waals surface area contributed by atoms with Gasteiger partial charge in [-0.25, -0.2) is 0 Å². The summed E-state index contributed by atoms with van der Waals surface area (Å²) in [5, 5.41) is 22.9. The van der Waals surface area contributed by atoms with Crippen molar-refractivity contribution in [2.24, 2.45) is 11.3 Å². The van der Waals surface area contributed by atoms with E-state index in [2.05, 4.69) is 30.1 Å². The third kappa shape index (κ3) is 2.84. The summed E-state index contributed by atoms with van der Waals surface area (Å²) in [5.74, 6) is 0.0677. The highest BCUT2D eigenvalue weighted by Crippen LogP contribution is 2.43. The van der Waals surface area contributed by atoms with Crippen LogP contribution in [-0.2, 0) is 0 Å². The number of nitriles is 2. The van der Waals surface area contributed by atoms with Crippen LogP contribution >= 0.6 is 0 Å². The van der Waals surface area contributed by atoms with Gasteiger partial charge in [-0.15, -0.1) is 6.58 Å². The summed E-state index contributed by atoms with van der Waals surface area (Å²) in [4.78, 5) is 0. The fraction of sp³-hybridized carbons (Fsp3) is 0.444. The summed E-state index contributed by atoms with van der Waals surface area (Å²) in [6.45, 7) is 5.85. The van der Waals surface area contributed by atoms with Gasteiger partial charge in [0.05, 0.1) is 12.1 Å². The Bertz CT molecular complexity index is 554. The lowest BCUT2D eigenvalue weighted by Gasteiger charge is -2.34. The molecule has 0 unspecified atom stereocenters. The highest BCUT2D eigenvalue weighted by atomic mass is 15.0. The Labute approximate surface area is 127 Å². The summed E-state index contributed by atoms with van der Waals surface area (Å²) >= 11 is 0. The topological polar surface area (TPSA) is 59.6 Å². The van der Waals surface area contributed by atoms with Gasteiger partial charge in [-0.2, -0.15) is 10.5 Å². The molecule has 2 heterocycles. The number of nitrogens with zero attached hydrogens (tertiary/aromatic N) is 2. The molecular formula is C18H21N3. The van der Waals surface area contributed by atoms with E-state index in [0.717, 1.165) is 18.4 Å². The molecule has 3 atom stereocenters. The first-order valence-electron chi connectivity index (χ1n) is 7.42. The largest absolute Gasteiger partial charge is 0.307 e. The van der Waals surface area contributed by atoms with E-state index in [1.165, 1.54) is 0 Å². The number of hydrogen-bond acceptors (Lipinski definition) is 3. The summed E-state index contributed by atoms with van der Waals surface area (Å²) in [6.07, 6.45) is 14.1. The zero-order valence-electron chi connectivity index (χ0n) is 12.4. The van der Waals surface area contributed by atoms with Gasteiger partial charge in [-0.3, -0.25) is 0 Å². The molecule has 21 heavy (non-hydrogen) atoms. The van der Waals surface area contributed by atoms with Gasteiger partial charge in [-0.05, 0) is 25.3 Å². The number of hydrogen-bond donors (Lipinski definition) is 1. The van der Waals surface area contributed by atoms with Crippen molar-refractivity contribution in [2.45, 2.75) is 38.3 Å². The quantitative estimate of drug-likeness (QED) is 0.619. The fourth-order valence-corrected chi connectivity index (χ4v) is 3.28. The first kappa shape index (κ1) is 15.3. The summed E-state index contributed by atoms with van der Waals surface area (Å²) < 4.78 is 0. The number of fused-ring (bicyclic) bond motifs is 2. The third-order valence-corrected chi connectivity index (χ3v) is 4.38. The van der Waals surface area contributed by atoms with Gasteiger partial charge in [0.2, 0.25) is 0 Å². The average molecular weight is 279 g/mol. The predicted octanol–water partition coefficient (Wildman–Crippen LogP) is 3.41. The average Bonchev–Trinajstić information content (AvgIpc) is 2.90. The van der Waals surface area contributed by atoms with Crippen molar-refractivity contribution in [3.05, 3.63) is 48.6 Å². The Morgan fingerprint density at radius 3 is 2.76 bits per heavy atom. The fourth-order valence-electron chi connectivity index (χ4n) is 3.28. The van der Waals surface area contributed by atoms with Crippen LogP contribution < -0.4 is 5.32 Å². The van der Waals surface area contributed by atoms with Crippen molar-refractivity contribution in [1.29, 1.82) is 10.5 Å². The number of rotatable bonds is 5. The lowest BCUT2D eigenvalue weighted by Crippen LogP contribution is -2.42. The predicted molar refractivity (Wildman–Crippen MR) is 83.9 cm³/mol. The monoisotopic (exact) mass is 279 g/mol. The minimum absolute atomic E-state index is 0.0677. The second-order valence-corrected chi connectivity index (χ2v) is 5.63. The molecule has 2 aliphatic rings. The van der Waals surface area contributed by atoms with Crippen LogP contribution in [0.5, 0.6) is 0 Å². The summed E-state index contributed by atoms with van der Waals surface area (Å²) in [6, 6.07) is 5.14. The molecule has 1 fully saturated rings. The zero-order valence-corrected chi connectivity index (χ0v) is 12.4. The van der Waals surface area contributed by atoms with Gasteiger partial charge in [0.25, 0.3) is 0 Å². The molecule has 2 rings (SSSR count). The van der Waals surface area contributed by atoms with Crippen LogP contribution in [0.25, 0.3) is 0 Å². The molecular weight excluding hydrogens is 258 g/mol. The first-order valence-corrected chi connectivity index (χ1v) is 7.42. The number of nitrogens with one attached hydrogen (secondary N) is 1. The Hall–Kier alpha value is -2.10. The van der Waals surface area contributed by atoms with Crippen molar-refractivity contribution in [3.63, 3.8) is 0 Å². The molecule has 0 amide bonds. The number of allylic oxidation sites excluding steroid dienone is 4. The SMILES string of the molecule is C=C[C@@H]1C(C(C#N)(C#N)C/C=C/C=C/C)=C[C@H]2CC[C@@H]1N2. The van der Waals surface area contributed by atoms with Gasteiger partial charge in [0, 0.05) is 24.4 Å². The van der Waals surface area contributed by atoms with Crippen molar-refractivity contribution in [2.75, 3.05) is 0 Å². The van der Waals surface area contributed by atoms with Gasteiger partial charge >= 0.3 is 0 Å². The van der Waals surface area contributed by atoms with E-state index in [1.807, 2.05) is 37.3 Å². The maximum absolute atomic E-state index is 9.67. The molecule has 0 aromatic rings. The Kier molecular flexibility index (Phi) is 4.78. The van der Waals surface area contributed by atoms with Gasteiger partial charge in [0.1, 0.15) is 0 Å². The van der Waals surface area contributed by atoms with E-state index in [9.17, 15) is 10.5 Å². The van der Waals surface area contributed by atoms with Crippen LogP contribution in [0, 0.1) is 34.0 Å². The first-order chi connectivity index (χ1) is 10.2. The van der Waals surface area contributed by atoms with Crippen LogP contribution in [0.1, 0.15) is 26.2 Å². The maximum atomic E-state index is 9.67. The zero-order chi connectivity index (χ0) is 15.3. The molecule has 0 spiro atoms. The van der Waals surface area contributed by atoms with Crippen LogP contribution in [0.4, 0.5) is 0 Å². The van der Waals surface area contributed by atoms with Crippen molar-refractivity contribution < 1.29 is 0 Å². The van der Waals surface area contributed by atoms with Gasteiger partial charge in [0.15, 0.2) is 5.41 Å². The molecule has 108 valence electrons. The smallest absolute Gasteiger partial charge is 0.168 e. The highest BCUT2D eigenvalue weighted by Gasteiger charge is 2.44. The van der Waals surface area contributed by atoms with Crippen LogP contribution in [0.3, 0.4) is 0 Å². The van der Waals surface area contributed by atoms with Crippen LogP contribution in [-0.4, -0.2) is 12.1 Å². The maximum Gasteiger partial charge on any atom is 0.168 e. The van der Waals surface area contributed by atoms with Crippen molar-refractivity contribution in [3.8, 4) is 12.1 Å². The Morgan fingerprint density at radius 2 is 2.14 bits per heavy atom. The van der Waals surface area contributed by atoms with Gasteiger partial charge < -0.3 is 5.32 Å². The minimum Gasteiger partial charge on any atom is -0.307 e. The summed E-state index contributed by atoms with van der Waals surface area (Å²) in [5.41, 5.74) is -0.154. The lowest BCUT2D eigenvalue weighted by atomic mass is 9.70. The second-order valence-electron chi connectivity index (χ2n) is 5.63. The lowest BCUT2D eigenvalue weighted by molar-refractivity contribution is 0.419. The highest BCUT2D eigenvalue weighted by molar-refractivity contribution is 5.41. The van der Waals surface area contributed by atoms with Crippen molar-refractivity contribution in [1.82, 2.24) is 5.32 Å². The Balaban J connectivity index is 2.35. The molecule has 2 bridgehead atoms. The molecule has 0 aromatic carbocycles. The van der Waals surface area contributed by atoms with Gasteiger partial charge in [-0.1, -0.05) is 36.5 Å². The molecule has 1 saturated heterocycles. The van der Waals surface area contributed by atoms with E-state index < -0.39 is 5.41 Å². The van der Waals surface area contributed by atoms with E-state index in [1.54, 1.807) is 0 Å². The van der Waals surface area contributed by atoms with Crippen molar-refractivity contribution >= 4 is 0 Å². The van der Waals surface area contributed by atoms with E-state index >= 15 is 0 Å². The second kappa shape index (κ2) is 6.57. The third-order valence-electron chi connectivity index (χ3n) is 4.38. The molecule has 0 radical (unpaired) electrons. The summed E-state index contributed by atoms with van der Waals surface area (Å²) in [7, 11) is 0. The molecule has 0 aliphatic carbocycles. The van der Waals surface area contributed by atoms with Crippen LogP contribution in [0.2, 0.25) is 0 Å². The van der Waals surface area contributed by atoms with E-state index in [-0.39, 0.29) is 5.92 Å². The molecule has 0 saturated carbocycles. The van der Waals surface area contributed by atoms with E-state index in [4.69, 9.17) is 0 Å². The molecule has 2 aliphatic heterocycles. The molecule has 0 aromatic heterocycles. The van der Waals surface area contributed by atoms with E-state index in [0.29, 0.717) is 18.5 Å². The normalized spacial score (nSPS) is 28.3. The molecule has 1 N–H and O–H groups in total.